The summed E-state index contributed by atoms with van der Waals surface area (Å²) in [5.74, 6) is 0.502. The van der Waals surface area contributed by atoms with Gasteiger partial charge in [0.15, 0.2) is 0 Å². The van der Waals surface area contributed by atoms with Crippen molar-refractivity contribution in [1.82, 2.24) is 15.2 Å². The van der Waals surface area contributed by atoms with E-state index < -0.39 is 0 Å². The molecule has 1 fully saturated rings. The molecule has 0 aliphatic carbocycles. The number of nitrogens with zero attached hydrogens (tertiary/aromatic N) is 2. The first kappa shape index (κ1) is 21.6. The lowest BCUT2D eigenvalue weighted by molar-refractivity contribution is 0.0637. The average Bonchev–Trinajstić information content (AvgIpc) is 2.95. The summed E-state index contributed by atoms with van der Waals surface area (Å²) >= 11 is 1.60. The third-order valence-electron chi connectivity index (χ3n) is 3.71. The zero-order chi connectivity index (χ0) is 14.5. The molecule has 0 radical (unpaired) electrons. The Kier molecular flexibility index (Phi) is 10.3. The van der Waals surface area contributed by atoms with Gasteiger partial charge in [0.05, 0.1) is 5.01 Å². The zero-order valence-corrected chi connectivity index (χ0v) is 16.0. The molecule has 128 valence electrons. The van der Waals surface area contributed by atoms with Gasteiger partial charge in [0, 0.05) is 23.9 Å². The van der Waals surface area contributed by atoms with Crippen LogP contribution in [0.2, 0.25) is 0 Å². The molecule has 1 amide bonds. The fraction of sp³-hybridized carbons (Fsp3) is 0.733. The molecule has 0 bridgehead atoms. The van der Waals surface area contributed by atoms with Crippen molar-refractivity contribution < 1.29 is 4.79 Å². The minimum atomic E-state index is 0. The van der Waals surface area contributed by atoms with Crippen LogP contribution in [0.4, 0.5) is 0 Å². The maximum atomic E-state index is 12.7. The molecule has 4 nitrogen and oxygen atoms in total. The molecular formula is C15H27Cl2N3OS. The van der Waals surface area contributed by atoms with Crippen LogP contribution in [-0.4, -0.2) is 41.5 Å². The van der Waals surface area contributed by atoms with Crippen molar-refractivity contribution in [1.29, 1.82) is 0 Å². The number of halogens is 2. The normalized spacial score (nSPS) is 15.1. The van der Waals surface area contributed by atoms with Crippen LogP contribution in [0.25, 0.3) is 0 Å². The lowest BCUT2D eigenvalue weighted by Gasteiger charge is -2.34. The summed E-state index contributed by atoms with van der Waals surface area (Å²) < 4.78 is 0. The van der Waals surface area contributed by atoms with Crippen LogP contribution in [0.5, 0.6) is 0 Å². The van der Waals surface area contributed by atoms with E-state index in [1.807, 2.05) is 10.3 Å². The number of hydrogen-bond acceptors (Lipinski definition) is 4. The first-order chi connectivity index (χ1) is 9.63. The molecule has 2 heterocycles. The first-order valence-electron chi connectivity index (χ1n) is 7.60. The number of hydrogen-bond donors (Lipinski definition) is 1. The van der Waals surface area contributed by atoms with Crippen LogP contribution in [0.1, 0.15) is 61.4 Å². The summed E-state index contributed by atoms with van der Waals surface area (Å²) in [4.78, 5) is 19.3. The van der Waals surface area contributed by atoms with Crippen LogP contribution in [0.3, 0.4) is 0 Å². The largest absolute Gasteiger partial charge is 0.334 e. The number of rotatable bonds is 5. The predicted molar refractivity (Wildman–Crippen MR) is 97.9 cm³/mol. The highest BCUT2D eigenvalue weighted by atomic mass is 35.5. The van der Waals surface area contributed by atoms with E-state index in [4.69, 9.17) is 0 Å². The Labute approximate surface area is 149 Å². The highest BCUT2D eigenvalue weighted by molar-refractivity contribution is 7.09. The van der Waals surface area contributed by atoms with Crippen molar-refractivity contribution in [3.8, 4) is 0 Å². The molecule has 1 aromatic rings. The smallest absolute Gasteiger partial charge is 0.273 e. The molecule has 0 aromatic carbocycles. The maximum absolute atomic E-state index is 12.7. The molecule has 0 atom stereocenters. The molecule has 22 heavy (non-hydrogen) atoms. The van der Waals surface area contributed by atoms with Crippen LogP contribution in [0.15, 0.2) is 5.38 Å². The fourth-order valence-corrected chi connectivity index (χ4v) is 3.42. The van der Waals surface area contributed by atoms with Crippen LogP contribution in [-0.2, 0) is 0 Å². The Bertz CT molecular complexity index is 448. The minimum Gasteiger partial charge on any atom is -0.334 e. The van der Waals surface area contributed by atoms with Crippen LogP contribution >= 0.6 is 36.2 Å². The number of piperidine rings is 1. The standard InChI is InChI=1S/C15H25N3OS.2ClH/c1-4-9-18(12-5-7-16-8-6-12)15(19)13-10-20-14(17-13)11(2)3;;/h10-12,16H,4-9H2,1-3H3;2*1H. The van der Waals surface area contributed by atoms with Crippen molar-refractivity contribution in [2.24, 2.45) is 0 Å². The average molecular weight is 368 g/mol. The Hall–Kier alpha value is -0.360. The lowest BCUT2D eigenvalue weighted by Crippen LogP contribution is -2.46. The third-order valence-corrected chi connectivity index (χ3v) is 4.86. The lowest BCUT2D eigenvalue weighted by atomic mass is 10.0. The quantitative estimate of drug-likeness (QED) is 0.862. The van der Waals surface area contributed by atoms with E-state index in [0.717, 1.165) is 43.9 Å². The molecular weight excluding hydrogens is 341 g/mol. The van der Waals surface area contributed by atoms with E-state index in [1.165, 1.54) is 0 Å². The molecule has 0 spiro atoms. The topological polar surface area (TPSA) is 45.2 Å². The zero-order valence-electron chi connectivity index (χ0n) is 13.5. The summed E-state index contributed by atoms with van der Waals surface area (Å²) in [6, 6.07) is 0.368. The summed E-state index contributed by atoms with van der Waals surface area (Å²) in [5, 5.41) is 6.33. The van der Waals surface area contributed by atoms with Crippen LogP contribution in [0, 0.1) is 0 Å². The van der Waals surface area contributed by atoms with Gasteiger partial charge in [0.25, 0.3) is 5.91 Å². The number of nitrogens with one attached hydrogen (secondary N) is 1. The summed E-state index contributed by atoms with van der Waals surface area (Å²) in [7, 11) is 0. The summed E-state index contributed by atoms with van der Waals surface area (Å²) in [5.41, 5.74) is 0.630. The molecule has 0 unspecified atom stereocenters. The number of carbonyl (C=O) groups is 1. The van der Waals surface area contributed by atoms with Gasteiger partial charge in [-0.05, 0) is 32.4 Å². The number of thiazole rings is 1. The fourth-order valence-electron chi connectivity index (χ4n) is 2.61. The predicted octanol–water partition coefficient (Wildman–Crippen LogP) is 3.71. The third kappa shape index (κ3) is 5.37. The first-order valence-corrected chi connectivity index (χ1v) is 8.48. The maximum Gasteiger partial charge on any atom is 0.273 e. The van der Waals surface area contributed by atoms with Crippen molar-refractivity contribution in [2.75, 3.05) is 19.6 Å². The molecule has 1 aliphatic heterocycles. The number of amides is 1. The van der Waals surface area contributed by atoms with Gasteiger partial charge in [-0.2, -0.15) is 0 Å². The van der Waals surface area contributed by atoms with E-state index in [1.54, 1.807) is 11.3 Å². The summed E-state index contributed by atoms with van der Waals surface area (Å²) in [6.07, 6.45) is 3.09. The van der Waals surface area contributed by atoms with Crippen molar-refractivity contribution in [3.63, 3.8) is 0 Å². The Morgan fingerprint density at radius 2 is 2.05 bits per heavy atom. The second kappa shape index (κ2) is 10.4. The SMILES string of the molecule is CCCN(C(=O)c1csc(C(C)C)n1)C1CCNCC1.Cl.Cl. The van der Waals surface area contributed by atoms with Gasteiger partial charge in [-0.15, -0.1) is 36.2 Å². The Morgan fingerprint density at radius 1 is 1.41 bits per heavy atom. The van der Waals surface area contributed by atoms with Gasteiger partial charge in [-0.25, -0.2) is 4.98 Å². The van der Waals surface area contributed by atoms with Crippen molar-refractivity contribution in [3.05, 3.63) is 16.1 Å². The molecule has 1 aromatic heterocycles. The van der Waals surface area contributed by atoms with E-state index in [9.17, 15) is 4.79 Å². The number of carbonyl (C=O) groups excluding carboxylic acids is 1. The molecule has 7 heteroatoms. The van der Waals surface area contributed by atoms with E-state index >= 15 is 0 Å². The van der Waals surface area contributed by atoms with Gasteiger partial charge in [0.2, 0.25) is 0 Å². The molecule has 1 aliphatic rings. The van der Waals surface area contributed by atoms with E-state index in [-0.39, 0.29) is 30.7 Å². The minimum absolute atomic E-state index is 0. The van der Waals surface area contributed by atoms with E-state index in [2.05, 4.69) is 31.1 Å². The Morgan fingerprint density at radius 3 is 2.55 bits per heavy atom. The van der Waals surface area contributed by atoms with Gasteiger partial charge in [-0.3, -0.25) is 4.79 Å². The Balaban J connectivity index is 0.00000220. The van der Waals surface area contributed by atoms with Gasteiger partial charge in [0.1, 0.15) is 5.69 Å². The van der Waals surface area contributed by atoms with Crippen molar-refractivity contribution >= 4 is 42.1 Å². The summed E-state index contributed by atoms with van der Waals surface area (Å²) in [6.45, 7) is 9.20. The molecule has 0 saturated carbocycles. The molecule has 2 rings (SSSR count). The highest BCUT2D eigenvalue weighted by Crippen LogP contribution is 2.22. The van der Waals surface area contributed by atoms with Gasteiger partial charge < -0.3 is 10.2 Å². The second-order valence-corrected chi connectivity index (χ2v) is 6.60. The van der Waals surface area contributed by atoms with Gasteiger partial charge in [-0.1, -0.05) is 20.8 Å². The van der Waals surface area contributed by atoms with E-state index in [0.29, 0.717) is 17.7 Å². The monoisotopic (exact) mass is 367 g/mol. The molecule has 1 saturated heterocycles. The van der Waals surface area contributed by atoms with Crippen molar-refractivity contribution in [2.45, 2.75) is 52.0 Å². The van der Waals surface area contributed by atoms with Gasteiger partial charge >= 0.3 is 0 Å². The molecule has 1 N–H and O–H groups in total. The highest BCUT2D eigenvalue weighted by Gasteiger charge is 2.27. The number of aromatic nitrogens is 1. The van der Waals surface area contributed by atoms with Crippen LogP contribution < -0.4 is 5.32 Å². The second-order valence-electron chi connectivity index (χ2n) is 5.71.